The van der Waals surface area contributed by atoms with Gasteiger partial charge in [0, 0.05) is 10.2 Å². The zero-order chi connectivity index (χ0) is 16.8. The molecule has 1 atom stereocenters. The van der Waals surface area contributed by atoms with Crippen molar-refractivity contribution in [3.8, 4) is 5.75 Å². The van der Waals surface area contributed by atoms with E-state index in [2.05, 4.69) is 47.2 Å². The lowest BCUT2D eigenvalue weighted by molar-refractivity contribution is -0.122. The Kier molecular flexibility index (Phi) is 6.22. The largest absolute Gasteiger partial charge is 0.481 e. The number of anilines is 1. The van der Waals surface area contributed by atoms with Gasteiger partial charge in [0.2, 0.25) is 0 Å². The average molecular weight is 376 g/mol. The number of carbonyl (C=O) groups excluding carboxylic acids is 1. The zero-order valence-electron chi connectivity index (χ0n) is 13.7. The van der Waals surface area contributed by atoms with Crippen LogP contribution in [0.4, 0.5) is 5.69 Å². The molecule has 1 amide bonds. The van der Waals surface area contributed by atoms with E-state index in [4.69, 9.17) is 4.74 Å². The molecule has 1 N–H and O–H groups in total. The maximum atomic E-state index is 12.5. The van der Waals surface area contributed by atoms with Crippen LogP contribution in [-0.2, 0) is 17.6 Å². The number of para-hydroxylation sites is 1. The van der Waals surface area contributed by atoms with Crippen LogP contribution in [0.3, 0.4) is 0 Å². The highest BCUT2D eigenvalue weighted by Gasteiger charge is 2.17. The fraction of sp³-hybridized carbons (Fsp3) is 0.316. The van der Waals surface area contributed by atoms with Crippen molar-refractivity contribution < 1.29 is 9.53 Å². The van der Waals surface area contributed by atoms with Gasteiger partial charge in [0.15, 0.2) is 6.10 Å². The predicted octanol–water partition coefficient (Wildman–Crippen LogP) is 4.98. The smallest absolute Gasteiger partial charge is 0.265 e. The number of benzene rings is 2. The number of hydrogen-bond acceptors (Lipinski definition) is 2. The molecule has 0 bridgehead atoms. The van der Waals surface area contributed by atoms with E-state index >= 15 is 0 Å². The Morgan fingerprint density at radius 3 is 2.30 bits per heavy atom. The average Bonchev–Trinajstić information content (AvgIpc) is 2.54. The van der Waals surface area contributed by atoms with E-state index in [-0.39, 0.29) is 5.91 Å². The summed E-state index contributed by atoms with van der Waals surface area (Å²) in [6.45, 7) is 5.94. The number of aryl methyl sites for hydroxylation is 2. The van der Waals surface area contributed by atoms with Gasteiger partial charge in [0.25, 0.3) is 5.91 Å². The predicted molar refractivity (Wildman–Crippen MR) is 98.1 cm³/mol. The fourth-order valence-corrected chi connectivity index (χ4v) is 2.80. The molecule has 23 heavy (non-hydrogen) atoms. The van der Waals surface area contributed by atoms with Gasteiger partial charge in [-0.05, 0) is 49.1 Å². The van der Waals surface area contributed by atoms with Crippen LogP contribution in [-0.4, -0.2) is 12.0 Å². The van der Waals surface area contributed by atoms with Crippen molar-refractivity contribution in [2.45, 2.75) is 39.7 Å². The number of rotatable bonds is 6. The molecule has 0 saturated carbocycles. The molecule has 2 aromatic carbocycles. The fourth-order valence-electron chi connectivity index (χ4n) is 2.43. The van der Waals surface area contributed by atoms with Crippen LogP contribution in [0.25, 0.3) is 0 Å². The van der Waals surface area contributed by atoms with Gasteiger partial charge < -0.3 is 10.1 Å². The van der Waals surface area contributed by atoms with Gasteiger partial charge >= 0.3 is 0 Å². The van der Waals surface area contributed by atoms with E-state index < -0.39 is 6.10 Å². The molecule has 2 rings (SSSR count). The van der Waals surface area contributed by atoms with Crippen LogP contribution < -0.4 is 10.1 Å². The van der Waals surface area contributed by atoms with E-state index in [1.807, 2.05) is 30.3 Å². The summed E-state index contributed by atoms with van der Waals surface area (Å²) >= 11 is 3.40. The van der Waals surface area contributed by atoms with Gasteiger partial charge in [-0.15, -0.1) is 0 Å². The lowest BCUT2D eigenvalue weighted by Crippen LogP contribution is -2.30. The first kappa shape index (κ1) is 17.5. The summed E-state index contributed by atoms with van der Waals surface area (Å²) in [4.78, 5) is 12.5. The molecule has 4 heteroatoms. The maximum Gasteiger partial charge on any atom is 0.265 e. The molecule has 0 radical (unpaired) electrons. The summed E-state index contributed by atoms with van der Waals surface area (Å²) in [5.41, 5.74) is 3.21. The number of ether oxygens (including phenoxy) is 1. The summed E-state index contributed by atoms with van der Waals surface area (Å²) in [6.07, 6.45) is 1.19. The maximum absolute atomic E-state index is 12.5. The molecule has 0 aliphatic rings. The molecule has 0 aliphatic heterocycles. The van der Waals surface area contributed by atoms with Gasteiger partial charge in [-0.25, -0.2) is 0 Å². The lowest BCUT2D eigenvalue weighted by atomic mass is 10.0. The van der Waals surface area contributed by atoms with E-state index in [0.29, 0.717) is 5.75 Å². The molecule has 122 valence electrons. The highest BCUT2D eigenvalue weighted by molar-refractivity contribution is 9.10. The van der Waals surface area contributed by atoms with Gasteiger partial charge in [0.1, 0.15) is 5.75 Å². The topological polar surface area (TPSA) is 38.3 Å². The second-order valence-electron chi connectivity index (χ2n) is 5.37. The second-order valence-corrected chi connectivity index (χ2v) is 6.28. The summed E-state index contributed by atoms with van der Waals surface area (Å²) in [6, 6.07) is 13.6. The van der Waals surface area contributed by atoms with Crippen LogP contribution in [0.15, 0.2) is 46.9 Å². The van der Waals surface area contributed by atoms with Gasteiger partial charge in [0.05, 0.1) is 0 Å². The highest BCUT2D eigenvalue weighted by Crippen LogP contribution is 2.24. The third-order valence-electron chi connectivity index (χ3n) is 3.73. The Bertz CT molecular complexity index is 663. The number of nitrogens with one attached hydrogen (secondary N) is 1. The minimum Gasteiger partial charge on any atom is -0.481 e. The zero-order valence-corrected chi connectivity index (χ0v) is 15.3. The molecule has 0 spiro atoms. The van der Waals surface area contributed by atoms with Crippen molar-refractivity contribution >= 4 is 27.5 Å². The van der Waals surface area contributed by atoms with E-state index in [1.54, 1.807) is 6.92 Å². The van der Waals surface area contributed by atoms with Gasteiger partial charge in [-0.1, -0.05) is 54.0 Å². The van der Waals surface area contributed by atoms with Crippen molar-refractivity contribution in [3.63, 3.8) is 0 Å². The molecular weight excluding hydrogens is 354 g/mol. The summed E-state index contributed by atoms with van der Waals surface area (Å²) in [5, 5.41) is 3.04. The molecule has 2 aromatic rings. The molecule has 0 heterocycles. The molecule has 0 aromatic heterocycles. The Morgan fingerprint density at radius 2 is 1.74 bits per heavy atom. The molecule has 0 aliphatic carbocycles. The molecule has 1 unspecified atom stereocenters. The normalized spacial score (nSPS) is 11.8. The van der Waals surface area contributed by atoms with Crippen molar-refractivity contribution in [1.29, 1.82) is 0 Å². The minimum absolute atomic E-state index is 0.138. The van der Waals surface area contributed by atoms with Crippen LogP contribution in [0.2, 0.25) is 0 Å². The number of carbonyl (C=O) groups is 1. The number of hydrogen-bond donors (Lipinski definition) is 1. The minimum atomic E-state index is -0.570. The highest BCUT2D eigenvalue weighted by atomic mass is 79.9. The molecular formula is C19H22BrNO2. The van der Waals surface area contributed by atoms with E-state index in [1.165, 1.54) is 0 Å². The number of amides is 1. The Balaban J connectivity index is 2.12. The molecule has 0 fully saturated rings. The monoisotopic (exact) mass is 375 g/mol. The van der Waals surface area contributed by atoms with Gasteiger partial charge in [-0.3, -0.25) is 4.79 Å². The van der Waals surface area contributed by atoms with Crippen LogP contribution in [0, 0.1) is 0 Å². The van der Waals surface area contributed by atoms with Crippen molar-refractivity contribution in [2.24, 2.45) is 0 Å². The summed E-state index contributed by atoms with van der Waals surface area (Å²) in [7, 11) is 0. The first-order chi connectivity index (χ1) is 11.0. The van der Waals surface area contributed by atoms with Gasteiger partial charge in [-0.2, -0.15) is 0 Å². The first-order valence-corrected chi connectivity index (χ1v) is 8.68. The first-order valence-electron chi connectivity index (χ1n) is 7.89. The van der Waals surface area contributed by atoms with Crippen molar-refractivity contribution in [1.82, 2.24) is 0 Å². The Labute approximate surface area is 146 Å². The summed E-state index contributed by atoms with van der Waals surface area (Å²) < 4.78 is 6.66. The van der Waals surface area contributed by atoms with Crippen molar-refractivity contribution in [3.05, 3.63) is 58.1 Å². The number of halogens is 1. The van der Waals surface area contributed by atoms with Crippen molar-refractivity contribution in [2.75, 3.05) is 5.32 Å². The van der Waals surface area contributed by atoms with E-state index in [0.717, 1.165) is 34.1 Å². The van der Waals surface area contributed by atoms with Crippen LogP contribution in [0.5, 0.6) is 5.75 Å². The SMILES string of the molecule is CCc1cccc(CC)c1NC(=O)C(C)Oc1cccc(Br)c1. The molecule has 0 saturated heterocycles. The quantitative estimate of drug-likeness (QED) is 0.772. The Hall–Kier alpha value is -1.81. The Morgan fingerprint density at radius 1 is 1.13 bits per heavy atom. The van der Waals surface area contributed by atoms with Crippen LogP contribution in [0.1, 0.15) is 31.9 Å². The van der Waals surface area contributed by atoms with E-state index in [9.17, 15) is 4.79 Å². The summed E-state index contributed by atoms with van der Waals surface area (Å²) in [5.74, 6) is 0.530. The second kappa shape index (κ2) is 8.16. The third kappa shape index (κ3) is 4.58. The lowest BCUT2D eigenvalue weighted by Gasteiger charge is -2.18. The standard InChI is InChI=1S/C19H22BrNO2/c1-4-14-8-6-9-15(5-2)18(14)21-19(22)13(3)23-17-11-7-10-16(20)12-17/h6-13H,4-5H2,1-3H3,(H,21,22). The molecule has 3 nitrogen and oxygen atoms in total. The third-order valence-corrected chi connectivity index (χ3v) is 4.22. The van der Waals surface area contributed by atoms with Crippen LogP contribution >= 0.6 is 15.9 Å².